The van der Waals surface area contributed by atoms with Gasteiger partial charge in [-0.3, -0.25) is 0 Å². The van der Waals surface area contributed by atoms with E-state index >= 15 is 0 Å². The number of nitrogens with one attached hydrogen (secondary N) is 1. The summed E-state index contributed by atoms with van der Waals surface area (Å²) < 4.78 is 0. The molecule has 1 N–H and O–H groups in total. The highest BCUT2D eigenvalue weighted by Gasteiger charge is 2.25. The first kappa shape index (κ1) is 19.9. The van der Waals surface area contributed by atoms with E-state index in [0.717, 1.165) is 18.4 Å². The number of rotatable bonds is 12. The molecule has 20 heavy (non-hydrogen) atoms. The standard InChI is InChI=1S/C18H40N2/c1-8-11-18(6,14-19-7)15-20(12-9-16(2)3)13-10-17(4)5/h16-17,19H,8-15H2,1-7H3. The summed E-state index contributed by atoms with van der Waals surface area (Å²) >= 11 is 0. The molecule has 2 nitrogen and oxygen atoms in total. The molecule has 0 aromatic heterocycles. The molecule has 0 heterocycles. The van der Waals surface area contributed by atoms with Gasteiger partial charge >= 0.3 is 0 Å². The SMILES string of the molecule is CCCC(C)(CNC)CN(CCC(C)C)CCC(C)C. The molecule has 122 valence electrons. The van der Waals surface area contributed by atoms with Gasteiger partial charge in [0.25, 0.3) is 0 Å². The van der Waals surface area contributed by atoms with Crippen LogP contribution in [0.3, 0.4) is 0 Å². The minimum absolute atomic E-state index is 0.414. The summed E-state index contributed by atoms with van der Waals surface area (Å²) in [7, 11) is 2.08. The fourth-order valence-electron chi connectivity index (χ4n) is 2.94. The van der Waals surface area contributed by atoms with Gasteiger partial charge in [0.05, 0.1) is 0 Å². The van der Waals surface area contributed by atoms with Gasteiger partial charge in [-0.25, -0.2) is 0 Å². The second kappa shape index (κ2) is 10.6. The van der Waals surface area contributed by atoms with Crippen LogP contribution in [0.5, 0.6) is 0 Å². The molecule has 0 radical (unpaired) electrons. The summed E-state index contributed by atoms with van der Waals surface area (Å²) in [6, 6.07) is 0. The Morgan fingerprint density at radius 1 is 1.00 bits per heavy atom. The van der Waals surface area contributed by atoms with Crippen molar-refractivity contribution in [1.29, 1.82) is 0 Å². The second-order valence-corrected chi connectivity index (χ2v) is 7.73. The Hall–Kier alpha value is -0.0800. The van der Waals surface area contributed by atoms with Crippen molar-refractivity contribution >= 4 is 0 Å². The van der Waals surface area contributed by atoms with Crippen molar-refractivity contribution in [3.05, 3.63) is 0 Å². The van der Waals surface area contributed by atoms with E-state index in [2.05, 4.69) is 58.8 Å². The van der Waals surface area contributed by atoms with Crippen molar-refractivity contribution in [2.75, 3.05) is 33.2 Å². The van der Waals surface area contributed by atoms with Crippen LogP contribution in [0.4, 0.5) is 0 Å². The van der Waals surface area contributed by atoms with Gasteiger partial charge in [-0.1, -0.05) is 48.0 Å². The number of hydrogen-bond donors (Lipinski definition) is 1. The molecule has 1 unspecified atom stereocenters. The molecule has 0 spiro atoms. The van der Waals surface area contributed by atoms with E-state index in [0.29, 0.717) is 5.41 Å². The predicted molar refractivity (Wildman–Crippen MR) is 92.3 cm³/mol. The van der Waals surface area contributed by atoms with Crippen molar-refractivity contribution in [2.45, 2.75) is 67.2 Å². The van der Waals surface area contributed by atoms with Gasteiger partial charge in [-0.05, 0) is 56.7 Å². The maximum Gasteiger partial charge on any atom is 0.00475 e. The lowest BCUT2D eigenvalue weighted by atomic mass is 9.84. The minimum atomic E-state index is 0.414. The van der Waals surface area contributed by atoms with Crippen LogP contribution in [0.25, 0.3) is 0 Å². The highest BCUT2D eigenvalue weighted by Crippen LogP contribution is 2.24. The average Bonchev–Trinajstić information content (AvgIpc) is 2.33. The van der Waals surface area contributed by atoms with Crippen molar-refractivity contribution in [3.63, 3.8) is 0 Å². The third-order valence-corrected chi connectivity index (χ3v) is 4.11. The van der Waals surface area contributed by atoms with Crippen molar-refractivity contribution in [1.82, 2.24) is 10.2 Å². The Labute approximate surface area is 128 Å². The van der Waals surface area contributed by atoms with Gasteiger partial charge in [0, 0.05) is 13.1 Å². The van der Waals surface area contributed by atoms with Crippen LogP contribution in [-0.4, -0.2) is 38.1 Å². The van der Waals surface area contributed by atoms with Crippen LogP contribution < -0.4 is 5.32 Å². The van der Waals surface area contributed by atoms with E-state index in [9.17, 15) is 0 Å². The summed E-state index contributed by atoms with van der Waals surface area (Å²) in [5.41, 5.74) is 0.414. The van der Waals surface area contributed by atoms with Gasteiger partial charge in [-0.15, -0.1) is 0 Å². The van der Waals surface area contributed by atoms with Crippen molar-refractivity contribution in [2.24, 2.45) is 17.3 Å². The van der Waals surface area contributed by atoms with Crippen LogP contribution in [0.2, 0.25) is 0 Å². The molecule has 1 atom stereocenters. The third kappa shape index (κ3) is 9.77. The Kier molecular flexibility index (Phi) is 10.6. The Bertz CT molecular complexity index is 205. The minimum Gasteiger partial charge on any atom is -0.319 e. The molecule has 0 aromatic rings. The molecule has 2 heteroatoms. The van der Waals surface area contributed by atoms with Crippen LogP contribution in [0.15, 0.2) is 0 Å². The zero-order valence-corrected chi connectivity index (χ0v) is 15.3. The molecular formula is C18H40N2. The first-order chi connectivity index (χ1) is 9.33. The van der Waals surface area contributed by atoms with Gasteiger partial charge in [-0.2, -0.15) is 0 Å². The molecule has 0 saturated heterocycles. The summed E-state index contributed by atoms with van der Waals surface area (Å²) in [6.07, 6.45) is 5.23. The lowest BCUT2D eigenvalue weighted by molar-refractivity contribution is 0.140. The van der Waals surface area contributed by atoms with Crippen molar-refractivity contribution in [3.8, 4) is 0 Å². The summed E-state index contributed by atoms with van der Waals surface area (Å²) in [4.78, 5) is 2.72. The number of hydrogen-bond acceptors (Lipinski definition) is 2. The first-order valence-corrected chi connectivity index (χ1v) is 8.70. The van der Waals surface area contributed by atoms with Crippen LogP contribution in [-0.2, 0) is 0 Å². The molecule has 0 aliphatic heterocycles. The van der Waals surface area contributed by atoms with E-state index in [1.165, 1.54) is 45.3 Å². The molecule has 0 aliphatic carbocycles. The molecule has 0 fully saturated rings. The molecule has 0 amide bonds. The largest absolute Gasteiger partial charge is 0.319 e. The van der Waals surface area contributed by atoms with E-state index in [-0.39, 0.29) is 0 Å². The lowest BCUT2D eigenvalue weighted by Crippen LogP contribution is -2.42. The lowest BCUT2D eigenvalue weighted by Gasteiger charge is -2.36. The van der Waals surface area contributed by atoms with Crippen molar-refractivity contribution < 1.29 is 0 Å². The smallest absolute Gasteiger partial charge is 0.00475 e. The van der Waals surface area contributed by atoms with Crippen LogP contribution in [0, 0.1) is 17.3 Å². The quantitative estimate of drug-likeness (QED) is 0.571. The molecule has 0 aromatic carbocycles. The molecular weight excluding hydrogens is 244 g/mol. The van der Waals surface area contributed by atoms with E-state index in [1.54, 1.807) is 0 Å². The Morgan fingerprint density at radius 2 is 1.50 bits per heavy atom. The number of nitrogens with zero attached hydrogens (tertiary/aromatic N) is 1. The Balaban J connectivity index is 4.54. The third-order valence-electron chi connectivity index (χ3n) is 4.11. The predicted octanol–water partition coefficient (Wildman–Crippen LogP) is 4.41. The molecule has 0 rings (SSSR count). The maximum absolute atomic E-state index is 3.40. The highest BCUT2D eigenvalue weighted by molar-refractivity contribution is 4.80. The molecule has 0 saturated carbocycles. The Morgan fingerprint density at radius 3 is 1.85 bits per heavy atom. The fourth-order valence-corrected chi connectivity index (χ4v) is 2.94. The maximum atomic E-state index is 3.40. The van der Waals surface area contributed by atoms with E-state index in [4.69, 9.17) is 0 Å². The van der Waals surface area contributed by atoms with Crippen LogP contribution in [0.1, 0.15) is 67.2 Å². The van der Waals surface area contributed by atoms with Gasteiger partial charge in [0.1, 0.15) is 0 Å². The fraction of sp³-hybridized carbons (Fsp3) is 1.00. The van der Waals surface area contributed by atoms with Gasteiger partial charge in [0.2, 0.25) is 0 Å². The van der Waals surface area contributed by atoms with E-state index in [1.807, 2.05) is 0 Å². The topological polar surface area (TPSA) is 15.3 Å². The summed E-state index contributed by atoms with van der Waals surface area (Å²) in [5, 5.41) is 3.40. The van der Waals surface area contributed by atoms with E-state index < -0.39 is 0 Å². The van der Waals surface area contributed by atoms with Crippen LogP contribution >= 0.6 is 0 Å². The second-order valence-electron chi connectivity index (χ2n) is 7.73. The highest BCUT2D eigenvalue weighted by atomic mass is 15.1. The van der Waals surface area contributed by atoms with Gasteiger partial charge < -0.3 is 10.2 Å². The molecule has 0 bridgehead atoms. The average molecular weight is 285 g/mol. The zero-order chi connectivity index (χ0) is 15.6. The normalized spacial score (nSPS) is 15.3. The zero-order valence-electron chi connectivity index (χ0n) is 15.3. The molecule has 0 aliphatic rings. The summed E-state index contributed by atoms with van der Waals surface area (Å²) in [6.45, 7) is 19.0. The first-order valence-electron chi connectivity index (χ1n) is 8.70. The summed E-state index contributed by atoms with van der Waals surface area (Å²) in [5.74, 6) is 1.61. The monoisotopic (exact) mass is 284 g/mol. The van der Waals surface area contributed by atoms with Gasteiger partial charge in [0.15, 0.2) is 0 Å².